The predicted octanol–water partition coefficient (Wildman–Crippen LogP) is 5.79. The lowest BCUT2D eigenvalue weighted by molar-refractivity contribution is -0.118. The fraction of sp³-hybridized carbons (Fsp3) is 0.360. The van der Waals surface area contributed by atoms with Gasteiger partial charge in [0.25, 0.3) is 5.91 Å². The van der Waals surface area contributed by atoms with Gasteiger partial charge in [-0.2, -0.15) is 0 Å². The van der Waals surface area contributed by atoms with Crippen molar-refractivity contribution in [1.29, 1.82) is 0 Å². The van der Waals surface area contributed by atoms with E-state index in [4.69, 9.17) is 14.5 Å². The Kier molecular flexibility index (Phi) is 6.65. The number of ether oxygens (including phenoxy) is 2. The number of rotatable bonds is 7. The molecule has 0 aliphatic carbocycles. The van der Waals surface area contributed by atoms with Gasteiger partial charge in [0.2, 0.25) is 0 Å². The summed E-state index contributed by atoms with van der Waals surface area (Å²) in [6, 6.07) is 14.0. The molecule has 1 N–H and O–H groups in total. The first kappa shape index (κ1) is 22.1. The molecule has 1 aromatic heterocycles. The molecule has 0 saturated heterocycles. The van der Waals surface area contributed by atoms with Gasteiger partial charge in [-0.1, -0.05) is 13.8 Å². The van der Waals surface area contributed by atoms with Crippen LogP contribution in [0, 0.1) is 5.92 Å². The second kappa shape index (κ2) is 9.61. The van der Waals surface area contributed by atoms with Crippen LogP contribution < -0.4 is 19.6 Å². The summed E-state index contributed by atoms with van der Waals surface area (Å²) in [5.41, 5.74) is 3.70. The Balaban J connectivity index is 1.77. The van der Waals surface area contributed by atoms with E-state index in [-0.39, 0.29) is 18.6 Å². The summed E-state index contributed by atoms with van der Waals surface area (Å²) in [7, 11) is 1.66. The summed E-state index contributed by atoms with van der Waals surface area (Å²) in [5.74, 6) is 2.02. The second-order valence-corrected chi connectivity index (χ2v) is 9.29. The van der Waals surface area contributed by atoms with E-state index in [0.29, 0.717) is 17.4 Å². The molecule has 0 saturated carbocycles. The van der Waals surface area contributed by atoms with Crippen LogP contribution in [0.3, 0.4) is 0 Å². The number of nitrogens with one attached hydrogen (secondary N) is 1. The van der Waals surface area contributed by atoms with E-state index in [9.17, 15) is 4.79 Å². The van der Waals surface area contributed by atoms with Crippen molar-refractivity contribution in [2.75, 3.05) is 19.0 Å². The number of methoxy groups -OCH3 is 1. The highest BCUT2D eigenvalue weighted by atomic mass is 32.1. The third kappa shape index (κ3) is 4.88. The smallest absolute Gasteiger partial charge is 0.262 e. The van der Waals surface area contributed by atoms with Gasteiger partial charge < -0.3 is 19.4 Å². The van der Waals surface area contributed by atoms with Crippen molar-refractivity contribution >= 4 is 28.6 Å². The van der Waals surface area contributed by atoms with E-state index in [1.165, 1.54) is 0 Å². The zero-order valence-corrected chi connectivity index (χ0v) is 19.7. The fourth-order valence-electron chi connectivity index (χ4n) is 3.75. The van der Waals surface area contributed by atoms with Crippen molar-refractivity contribution in [2.45, 2.75) is 39.7 Å². The molecule has 1 amide bonds. The summed E-state index contributed by atoms with van der Waals surface area (Å²) < 4.78 is 13.1. The van der Waals surface area contributed by atoms with E-state index in [0.717, 1.165) is 40.3 Å². The number of hydrogen-bond acceptors (Lipinski definition) is 5. The van der Waals surface area contributed by atoms with Crippen molar-refractivity contribution in [3.63, 3.8) is 0 Å². The Morgan fingerprint density at radius 3 is 2.66 bits per heavy atom. The van der Waals surface area contributed by atoms with Crippen molar-refractivity contribution < 1.29 is 14.3 Å². The SMILES string of the molecule is COc1ccc(N=c2scc(-c3ccc4c(c3)NC(=O)CO4)n2C(C)CCC(C)C)cc1. The number of nitrogens with zero attached hydrogens (tertiary/aromatic N) is 2. The van der Waals surface area contributed by atoms with Crippen molar-refractivity contribution in [1.82, 2.24) is 4.57 Å². The fourth-order valence-corrected chi connectivity index (χ4v) is 4.77. The highest BCUT2D eigenvalue weighted by molar-refractivity contribution is 7.07. The summed E-state index contributed by atoms with van der Waals surface area (Å²) in [5, 5.41) is 5.05. The molecular formula is C25H29N3O3S. The molecule has 168 valence electrons. The summed E-state index contributed by atoms with van der Waals surface area (Å²) in [4.78, 5) is 17.7. The largest absolute Gasteiger partial charge is 0.497 e. The van der Waals surface area contributed by atoms with Gasteiger partial charge in [0.15, 0.2) is 11.4 Å². The average Bonchev–Trinajstić information content (AvgIpc) is 3.21. The molecule has 7 heteroatoms. The highest BCUT2D eigenvalue weighted by Crippen LogP contribution is 2.34. The topological polar surface area (TPSA) is 64.8 Å². The molecule has 3 aromatic rings. The van der Waals surface area contributed by atoms with Gasteiger partial charge >= 0.3 is 0 Å². The minimum Gasteiger partial charge on any atom is -0.497 e. The minimum atomic E-state index is -0.131. The van der Waals surface area contributed by atoms with E-state index in [2.05, 4.69) is 36.0 Å². The van der Waals surface area contributed by atoms with Crippen LogP contribution in [0.25, 0.3) is 11.3 Å². The van der Waals surface area contributed by atoms with Gasteiger partial charge in [-0.3, -0.25) is 4.79 Å². The van der Waals surface area contributed by atoms with Gasteiger partial charge in [0.05, 0.1) is 24.2 Å². The standard InChI is InChI=1S/C25H29N3O3S/c1-16(2)5-6-17(3)28-22(18-7-12-23-21(13-18)27-24(29)14-31-23)15-32-25(28)26-19-8-10-20(30-4)11-9-19/h7-13,15-17H,5-6,14H2,1-4H3,(H,27,29). The lowest BCUT2D eigenvalue weighted by atomic mass is 10.0. The average molecular weight is 452 g/mol. The number of carbonyl (C=O) groups excluding carboxylic acids is 1. The van der Waals surface area contributed by atoms with Crippen LogP contribution in [0.4, 0.5) is 11.4 Å². The Bertz CT molecular complexity index is 1160. The number of hydrogen-bond donors (Lipinski definition) is 1. The Labute approximate surface area is 192 Å². The summed E-state index contributed by atoms with van der Waals surface area (Å²) in [6.45, 7) is 6.80. The summed E-state index contributed by atoms with van der Waals surface area (Å²) in [6.07, 6.45) is 2.20. The van der Waals surface area contributed by atoms with E-state index >= 15 is 0 Å². The monoisotopic (exact) mass is 451 g/mol. The van der Waals surface area contributed by atoms with Gasteiger partial charge in [-0.05, 0) is 68.1 Å². The maximum atomic E-state index is 11.8. The number of amides is 1. The zero-order valence-electron chi connectivity index (χ0n) is 18.9. The van der Waals surface area contributed by atoms with Crippen molar-refractivity contribution in [2.24, 2.45) is 10.9 Å². The predicted molar refractivity (Wildman–Crippen MR) is 129 cm³/mol. The number of anilines is 1. The maximum absolute atomic E-state index is 11.8. The number of thiazole rings is 1. The third-order valence-corrected chi connectivity index (χ3v) is 6.39. The number of aromatic nitrogens is 1. The van der Waals surface area contributed by atoms with Crippen molar-refractivity contribution in [3.05, 3.63) is 52.6 Å². The Morgan fingerprint density at radius 1 is 1.16 bits per heavy atom. The van der Waals surface area contributed by atoms with Crippen LogP contribution >= 0.6 is 11.3 Å². The molecule has 32 heavy (non-hydrogen) atoms. The normalized spacial score (nSPS) is 14.7. The lowest BCUT2D eigenvalue weighted by Gasteiger charge is -2.21. The van der Waals surface area contributed by atoms with Crippen LogP contribution in [-0.4, -0.2) is 24.2 Å². The Hall–Kier alpha value is -3.06. The third-order valence-electron chi connectivity index (χ3n) is 5.55. The molecule has 1 atom stereocenters. The molecule has 1 unspecified atom stereocenters. The zero-order chi connectivity index (χ0) is 22.7. The van der Waals surface area contributed by atoms with Crippen LogP contribution in [-0.2, 0) is 4.79 Å². The number of carbonyl (C=O) groups is 1. The molecule has 0 bridgehead atoms. The Morgan fingerprint density at radius 2 is 1.94 bits per heavy atom. The van der Waals surface area contributed by atoms with Gasteiger partial charge in [0, 0.05) is 17.0 Å². The summed E-state index contributed by atoms with van der Waals surface area (Å²) >= 11 is 1.62. The molecule has 6 nitrogen and oxygen atoms in total. The van der Waals surface area contributed by atoms with Gasteiger partial charge in [0.1, 0.15) is 11.5 Å². The first-order chi connectivity index (χ1) is 15.4. The molecular weight excluding hydrogens is 422 g/mol. The molecule has 1 aliphatic heterocycles. The molecule has 2 aromatic carbocycles. The van der Waals surface area contributed by atoms with Crippen LogP contribution in [0.15, 0.2) is 52.8 Å². The number of benzene rings is 2. The van der Waals surface area contributed by atoms with Gasteiger partial charge in [-0.15, -0.1) is 11.3 Å². The number of fused-ring (bicyclic) bond motifs is 1. The van der Waals surface area contributed by atoms with E-state index in [1.54, 1.807) is 18.4 Å². The van der Waals surface area contributed by atoms with Crippen LogP contribution in [0.1, 0.15) is 39.7 Å². The van der Waals surface area contributed by atoms with Gasteiger partial charge in [-0.25, -0.2) is 4.99 Å². The molecule has 4 rings (SSSR count). The van der Waals surface area contributed by atoms with E-state index < -0.39 is 0 Å². The first-order valence-corrected chi connectivity index (χ1v) is 11.8. The van der Waals surface area contributed by atoms with Crippen LogP contribution in [0.2, 0.25) is 0 Å². The second-order valence-electron chi connectivity index (χ2n) is 8.45. The van der Waals surface area contributed by atoms with E-state index in [1.807, 2.05) is 42.5 Å². The minimum absolute atomic E-state index is 0.0575. The molecule has 2 heterocycles. The first-order valence-electron chi connectivity index (χ1n) is 10.9. The maximum Gasteiger partial charge on any atom is 0.262 e. The molecule has 1 aliphatic rings. The van der Waals surface area contributed by atoms with Crippen LogP contribution in [0.5, 0.6) is 11.5 Å². The molecule has 0 radical (unpaired) electrons. The quantitative estimate of drug-likeness (QED) is 0.495. The van der Waals surface area contributed by atoms with Crippen molar-refractivity contribution in [3.8, 4) is 22.8 Å². The molecule has 0 spiro atoms. The highest BCUT2D eigenvalue weighted by Gasteiger charge is 2.19. The molecule has 0 fully saturated rings. The lowest BCUT2D eigenvalue weighted by Crippen LogP contribution is -2.25.